The van der Waals surface area contributed by atoms with Crippen molar-refractivity contribution in [1.29, 1.82) is 0 Å². The van der Waals surface area contributed by atoms with E-state index in [1.54, 1.807) is 0 Å². The van der Waals surface area contributed by atoms with Crippen LogP contribution in [0.3, 0.4) is 0 Å². The van der Waals surface area contributed by atoms with Gasteiger partial charge in [0.25, 0.3) is 0 Å². The number of fused-ring (bicyclic) bond motifs is 3. The molecule has 0 spiro atoms. The van der Waals surface area contributed by atoms with Gasteiger partial charge >= 0.3 is 12.1 Å². The zero-order valence-corrected chi connectivity index (χ0v) is 16.6. The van der Waals surface area contributed by atoms with E-state index in [1.807, 2.05) is 48.5 Å². The van der Waals surface area contributed by atoms with Crippen LogP contribution in [0.1, 0.15) is 30.4 Å². The van der Waals surface area contributed by atoms with Gasteiger partial charge in [0, 0.05) is 5.92 Å². The van der Waals surface area contributed by atoms with Gasteiger partial charge in [-0.15, -0.1) is 6.58 Å². The molecule has 3 rings (SSSR count). The van der Waals surface area contributed by atoms with Crippen molar-refractivity contribution in [3.8, 4) is 11.1 Å². The maximum atomic E-state index is 12.4. The number of hydrogen-bond donors (Lipinski definition) is 3. The van der Waals surface area contributed by atoms with E-state index < -0.39 is 30.1 Å². The van der Waals surface area contributed by atoms with Crippen molar-refractivity contribution in [3.05, 3.63) is 72.3 Å². The molecule has 0 aromatic heterocycles. The Labute approximate surface area is 174 Å². The molecule has 0 bridgehead atoms. The predicted octanol–water partition coefficient (Wildman–Crippen LogP) is 3.06. The molecule has 0 saturated carbocycles. The van der Waals surface area contributed by atoms with Crippen LogP contribution in [0, 0.1) is 0 Å². The molecular weight excluding hydrogens is 384 g/mol. The van der Waals surface area contributed by atoms with Crippen LogP contribution in [0.4, 0.5) is 4.79 Å². The minimum absolute atomic E-state index is 0.0955. The summed E-state index contributed by atoms with van der Waals surface area (Å²) in [7, 11) is 0. The van der Waals surface area contributed by atoms with Gasteiger partial charge in [-0.1, -0.05) is 54.6 Å². The minimum atomic E-state index is -1.16. The molecular formula is C23H24N2O5. The molecule has 0 aliphatic heterocycles. The van der Waals surface area contributed by atoms with E-state index in [9.17, 15) is 14.4 Å². The fourth-order valence-corrected chi connectivity index (χ4v) is 3.56. The number of carbonyl (C=O) groups is 3. The van der Waals surface area contributed by atoms with Crippen LogP contribution in [0.15, 0.2) is 61.2 Å². The zero-order valence-electron chi connectivity index (χ0n) is 16.6. The third-order valence-corrected chi connectivity index (χ3v) is 5.08. The Balaban J connectivity index is 1.65. The number of benzene rings is 2. The maximum Gasteiger partial charge on any atom is 0.407 e. The van der Waals surface area contributed by atoms with Gasteiger partial charge in [-0.3, -0.25) is 9.59 Å². The zero-order chi connectivity index (χ0) is 21.7. The molecule has 2 unspecified atom stereocenters. The second kappa shape index (κ2) is 9.26. The Morgan fingerprint density at radius 1 is 1.07 bits per heavy atom. The van der Waals surface area contributed by atoms with E-state index in [0.717, 1.165) is 22.3 Å². The summed E-state index contributed by atoms with van der Waals surface area (Å²) in [5.41, 5.74) is 4.41. The van der Waals surface area contributed by atoms with Gasteiger partial charge in [-0.2, -0.15) is 0 Å². The molecule has 2 atom stereocenters. The first-order chi connectivity index (χ1) is 14.4. The van der Waals surface area contributed by atoms with Crippen molar-refractivity contribution in [2.24, 2.45) is 0 Å². The fraction of sp³-hybridized carbons (Fsp3) is 0.261. The normalized spacial score (nSPS) is 14.0. The summed E-state index contributed by atoms with van der Waals surface area (Å²) in [5.74, 6) is -1.87. The molecule has 2 aromatic carbocycles. The third kappa shape index (κ3) is 4.51. The molecule has 30 heavy (non-hydrogen) atoms. The van der Waals surface area contributed by atoms with Gasteiger partial charge < -0.3 is 20.5 Å². The maximum absolute atomic E-state index is 12.4. The monoisotopic (exact) mass is 408 g/mol. The van der Waals surface area contributed by atoms with Crippen LogP contribution in [-0.2, 0) is 14.3 Å². The first kappa shape index (κ1) is 21.1. The average molecular weight is 408 g/mol. The van der Waals surface area contributed by atoms with Gasteiger partial charge in [-0.25, -0.2) is 4.79 Å². The highest BCUT2D eigenvalue weighted by Gasteiger charge is 2.30. The lowest BCUT2D eigenvalue weighted by molar-refractivity contribution is -0.141. The predicted molar refractivity (Wildman–Crippen MR) is 112 cm³/mol. The Morgan fingerprint density at radius 2 is 1.63 bits per heavy atom. The molecule has 2 amide bonds. The largest absolute Gasteiger partial charge is 0.480 e. The molecule has 156 valence electrons. The van der Waals surface area contributed by atoms with Gasteiger partial charge in [0.05, 0.1) is 0 Å². The average Bonchev–Trinajstić information content (AvgIpc) is 3.05. The topological polar surface area (TPSA) is 105 Å². The summed E-state index contributed by atoms with van der Waals surface area (Å²) in [6.45, 7) is 5.04. The number of carbonyl (C=O) groups excluding carboxylic acids is 2. The van der Waals surface area contributed by atoms with Crippen LogP contribution in [0.5, 0.6) is 0 Å². The number of alkyl carbamates (subject to hydrolysis) is 1. The van der Waals surface area contributed by atoms with Crippen molar-refractivity contribution in [2.75, 3.05) is 6.61 Å². The Kier molecular flexibility index (Phi) is 6.51. The summed E-state index contributed by atoms with van der Waals surface area (Å²) in [6.07, 6.45) is 0.865. The van der Waals surface area contributed by atoms with Crippen LogP contribution in [0.25, 0.3) is 11.1 Å². The second-order valence-corrected chi connectivity index (χ2v) is 7.12. The van der Waals surface area contributed by atoms with Crippen molar-refractivity contribution in [1.82, 2.24) is 10.6 Å². The molecule has 0 radical (unpaired) electrons. The summed E-state index contributed by atoms with van der Waals surface area (Å²) in [5, 5.41) is 13.8. The van der Waals surface area contributed by atoms with E-state index in [1.165, 1.54) is 13.0 Å². The summed E-state index contributed by atoms with van der Waals surface area (Å²) in [4.78, 5) is 35.6. The number of ether oxygens (including phenoxy) is 1. The summed E-state index contributed by atoms with van der Waals surface area (Å²) >= 11 is 0. The fourth-order valence-electron chi connectivity index (χ4n) is 3.56. The molecule has 3 N–H and O–H groups in total. The quantitative estimate of drug-likeness (QED) is 0.583. The molecule has 7 nitrogen and oxygen atoms in total. The number of aliphatic carboxylic acids is 1. The van der Waals surface area contributed by atoms with Crippen molar-refractivity contribution < 1.29 is 24.2 Å². The van der Waals surface area contributed by atoms with Gasteiger partial charge in [-0.05, 0) is 35.6 Å². The highest BCUT2D eigenvalue weighted by molar-refractivity contribution is 5.89. The Hall–Kier alpha value is -3.61. The molecule has 0 heterocycles. The first-order valence-corrected chi connectivity index (χ1v) is 9.68. The molecule has 0 saturated heterocycles. The van der Waals surface area contributed by atoms with E-state index in [2.05, 4.69) is 17.2 Å². The lowest BCUT2D eigenvalue weighted by atomic mass is 9.98. The highest BCUT2D eigenvalue weighted by atomic mass is 16.5. The Morgan fingerprint density at radius 3 is 2.17 bits per heavy atom. The molecule has 2 aromatic rings. The number of rotatable bonds is 8. The molecule has 1 aliphatic rings. The van der Waals surface area contributed by atoms with Crippen molar-refractivity contribution in [2.45, 2.75) is 31.3 Å². The minimum Gasteiger partial charge on any atom is -0.480 e. The smallest absolute Gasteiger partial charge is 0.407 e. The van der Waals surface area contributed by atoms with Crippen molar-refractivity contribution >= 4 is 18.0 Å². The van der Waals surface area contributed by atoms with E-state index in [-0.39, 0.29) is 18.9 Å². The molecule has 0 fully saturated rings. The molecule has 7 heteroatoms. The van der Waals surface area contributed by atoms with Crippen molar-refractivity contribution in [3.63, 3.8) is 0 Å². The van der Waals surface area contributed by atoms with Crippen LogP contribution < -0.4 is 10.6 Å². The van der Waals surface area contributed by atoms with Crippen LogP contribution >= 0.6 is 0 Å². The van der Waals surface area contributed by atoms with E-state index in [4.69, 9.17) is 9.84 Å². The Bertz CT molecular complexity index is 926. The number of nitrogens with one attached hydrogen (secondary N) is 2. The van der Waals surface area contributed by atoms with E-state index >= 15 is 0 Å². The number of carboxylic acid groups (broad SMARTS) is 1. The second-order valence-electron chi connectivity index (χ2n) is 7.12. The van der Waals surface area contributed by atoms with Crippen LogP contribution in [0.2, 0.25) is 0 Å². The number of carboxylic acids is 1. The lowest BCUT2D eigenvalue weighted by Crippen LogP contribution is -2.50. The first-order valence-electron chi connectivity index (χ1n) is 9.68. The van der Waals surface area contributed by atoms with Gasteiger partial charge in [0.2, 0.25) is 5.91 Å². The highest BCUT2D eigenvalue weighted by Crippen LogP contribution is 2.44. The van der Waals surface area contributed by atoms with Crippen LogP contribution in [-0.4, -0.2) is 41.8 Å². The number of amides is 2. The van der Waals surface area contributed by atoms with Gasteiger partial charge in [0.1, 0.15) is 18.7 Å². The number of hydrogen-bond acceptors (Lipinski definition) is 4. The lowest BCUT2D eigenvalue weighted by Gasteiger charge is -2.20. The summed E-state index contributed by atoms with van der Waals surface area (Å²) < 4.78 is 5.44. The third-order valence-electron chi connectivity index (χ3n) is 5.08. The summed E-state index contributed by atoms with van der Waals surface area (Å²) in [6, 6.07) is 13.9. The SMILES string of the molecule is C=CCC(NC(=O)OCC1c2ccccc2-c2ccccc21)C(=O)NC(C)C(=O)O. The van der Waals surface area contributed by atoms with Gasteiger partial charge in [0.15, 0.2) is 0 Å². The standard InChI is InChI=1S/C23H24N2O5/c1-3-8-20(21(26)24-14(2)22(27)28)25-23(29)30-13-19-17-11-6-4-9-15(17)16-10-5-7-12-18(16)19/h3-7,9-12,14,19-20H,1,8,13H2,2H3,(H,24,26)(H,25,29)(H,27,28). The van der Waals surface area contributed by atoms with E-state index in [0.29, 0.717) is 0 Å². The molecule has 1 aliphatic carbocycles.